The Hall–Kier alpha value is -2.47. The fourth-order valence-corrected chi connectivity index (χ4v) is 3.91. The lowest BCUT2D eigenvalue weighted by Gasteiger charge is -2.14. The quantitative estimate of drug-likeness (QED) is 0.523. The molecule has 3 heterocycles. The molecule has 26 heavy (non-hydrogen) atoms. The molecule has 6 heteroatoms. The van der Waals surface area contributed by atoms with Crippen LogP contribution < -0.4 is 11.1 Å². The van der Waals surface area contributed by atoms with Crippen LogP contribution in [0.2, 0.25) is 0 Å². The van der Waals surface area contributed by atoms with Gasteiger partial charge in [0.1, 0.15) is 0 Å². The standard InChI is InChI=1S/C20H23N3O3/c1-26-12-4-9-22-10-7-17-15(19(22)24)13-16-18(21-17)8-11-23(20(16)25)14-5-2-3-6-14/h7-8,10-11,13-14H,2-6,9,12H2,1H3. The molecule has 1 aliphatic carbocycles. The number of aryl methyl sites for hydroxylation is 1. The molecule has 1 aliphatic rings. The van der Waals surface area contributed by atoms with Crippen LogP contribution in [0, 0.1) is 0 Å². The minimum Gasteiger partial charge on any atom is -0.385 e. The SMILES string of the molecule is COCCCn1ccc2nc3ccn(C4CCCC4)c(=O)c3cc2c1=O. The predicted octanol–water partition coefficient (Wildman–Crippen LogP) is 2.86. The molecule has 0 radical (unpaired) electrons. The minimum absolute atomic E-state index is 0.0435. The molecular formula is C20H23N3O3. The molecule has 3 aromatic heterocycles. The van der Waals surface area contributed by atoms with E-state index in [0.29, 0.717) is 35.0 Å². The van der Waals surface area contributed by atoms with E-state index in [-0.39, 0.29) is 17.2 Å². The van der Waals surface area contributed by atoms with Crippen molar-refractivity contribution in [2.45, 2.75) is 44.7 Å². The fourth-order valence-electron chi connectivity index (χ4n) is 3.91. The first-order valence-corrected chi connectivity index (χ1v) is 9.23. The Kier molecular flexibility index (Phi) is 4.59. The van der Waals surface area contributed by atoms with Crippen LogP contribution in [0.25, 0.3) is 21.8 Å². The van der Waals surface area contributed by atoms with Crippen LogP contribution in [-0.2, 0) is 11.3 Å². The van der Waals surface area contributed by atoms with Gasteiger partial charge in [0.25, 0.3) is 11.1 Å². The molecule has 0 saturated heterocycles. The van der Waals surface area contributed by atoms with Gasteiger partial charge in [-0.2, -0.15) is 0 Å². The predicted molar refractivity (Wildman–Crippen MR) is 102 cm³/mol. The van der Waals surface area contributed by atoms with Gasteiger partial charge in [-0.15, -0.1) is 0 Å². The van der Waals surface area contributed by atoms with Gasteiger partial charge in [0, 0.05) is 38.7 Å². The lowest BCUT2D eigenvalue weighted by atomic mass is 10.1. The molecule has 4 rings (SSSR count). The van der Waals surface area contributed by atoms with Crippen molar-refractivity contribution >= 4 is 21.8 Å². The summed E-state index contributed by atoms with van der Waals surface area (Å²) in [4.78, 5) is 30.3. The highest BCUT2D eigenvalue weighted by atomic mass is 16.5. The van der Waals surface area contributed by atoms with Crippen LogP contribution in [0.1, 0.15) is 38.1 Å². The number of ether oxygens (including phenoxy) is 1. The van der Waals surface area contributed by atoms with E-state index in [0.717, 1.165) is 32.1 Å². The Morgan fingerprint density at radius 3 is 2.50 bits per heavy atom. The van der Waals surface area contributed by atoms with Crippen molar-refractivity contribution in [2.24, 2.45) is 0 Å². The summed E-state index contributed by atoms with van der Waals surface area (Å²) >= 11 is 0. The molecule has 0 atom stereocenters. The first kappa shape index (κ1) is 17.0. The number of nitrogens with zero attached hydrogens (tertiary/aromatic N) is 3. The number of rotatable bonds is 5. The fraction of sp³-hybridized carbons (Fsp3) is 0.450. The zero-order valence-electron chi connectivity index (χ0n) is 15.0. The van der Waals surface area contributed by atoms with E-state index < -0.39 is 0 Å². The smallest absolute Gasteiger partial charge is 0.260 e. The van der Waals surface area contributed by atoms with Gasteiger partial charge in [-0.05, 0) is 37.5 Å². The number of methoxy groups -OCH3 is 1. The van der Waals surface area contributed by atoms with E-state index in [4.69, 9.17) is 4.74 Å². The van der Waals surface area contributed by atoms with Crippen molar-refractivity contribution in [3.8, 4) is 0 Å². The maximum atomic E-state index is 13.0. The highest BCUT2D eigenvalue weighted by Gasteiger charge is 2.19. The zero-order chi connectivity index (χ0) is 18.1. The molecule has 0 spiro atoms. The molecule has 0 aromatic carbocycles. The summed E-state index contributed by atoms with van der Waals surface area (Å²) in [6.45, 7) is 1.19. The second-order valence-corrected chi connectivity index (χ2v) is 6.98. The van der Waals surface area contributed by atoms with Crippen LogP contribution in [0.5, 0.6) is 0 Å². The van der Waals surface area contributed by atoms with Crippen LogP contribution >= 0.6 is 0 Å². The van der Waals surface area contributed by atoms with Crippen molar-refractivity contribution < 1.29 is 4.74 Å². The van der Waals surface area contributed by atoms with Gasteiger partial charge in [-0.3, -0.25) is 9.59 Å². The summed E-state index contributed by atoms with van der Waals surface area (Å²) in [5.74, 6) is 0. The van der Waals surface area contributed by atoms with E-state index in [2.05, 4.69) is 4.98 Å². The summed E-state index contributed by atoms with van der Waals surface area (Å²) < 4.78 is 8.54. The number of hydrogen-bond donors (Lipinski definition) is 0. The van der Waals surface area contributed by atoms with Gasteiger partial charge in [0.15, 0.2) is 0 Å². The Bertz CT molecular complexity index is 1060. The first-order valence-electron chi connectivity index (χ1n) is 9.23. The minimum atomic E-state index is -0.108. The van der Waals surface area contributed by atoms with E-state index in [1.165, 1.54) is 0 Å². The third kappa shape index (κ3) is 2.94. The molecule has 0 unspecified atom stereocenters. The monoisotopic (exact) mass is 353 g/mol. The Morgan fingerprint density at radius 1 is 1.08 bits per heavy atom. The van der Waals surface area contributed by atoms with E-state index in [1.807, 2.05) is 22.9 Å². The van der Waals surface area contributed by atoms with Gasteiger partial charge in [0.05, 0.1) is 21.8 Å². The summed E-state index contributed by atoms with van der Waals surface area (Å²) in [7, 11) is 1.65. The number of aromatic nitrogens is 3. The van der Waals surface area contributed by atoms with Crippen molar-refractivity contribution in [3.63, 3.8) is 0 Å². The normalized spacial score (nSPS) is 15.3. The van der Waals surface area contributed by atoms with E-state index in [9.17, 15) is 9.59 Å². The lowest BCUT2D eigenvalue weighted by molar-refractivity contribution is 0.190. The number of pyridine rings is 3. The first-order chi connectivity index (χ1) is 12.7. The molecule has 3 aromatic rings. The maximum absolute atomic E-state index is 13.0. The van der Waals surface area contributed by atoms with Crippen molar-refractivity contribution in [3.05, 3.63) is 51.3 Å². The van der Waals surface area contributed by atoms with Crippen molar-refractivity contribution in [2.75, 3.05) is 13.7 Å². The van der Waals surface area contributed by atoms with Crippen LogP contribution in [-0.4, -0.2) is 27.8 Å². The lowest BCUT2D eigenvalue weighted by Crippen LogP contribution is -2.24. The second kappa shape index (κ2) is 7.03. The van der Waals surface area contributed by atoms with Crippen molar-refractivity contribution in [1.29, 1.82) is 0 Å². The van der Waals surface area contributed by atoms with Gasteiger partial charge in [-0.25, -0.2) is 4.98 Å². The number of hydrogen-bond acceptors (Lipinski definition) is 4. The molecule has 0 amide bonds. The van der Waals surface area contributed by atoms with E-state index >= 15 is 0 Å². The zero-order valence-corrected chi connectivity index (χ0v) is 15.0. The molecule has 0 aliphatic heterocycles. The highest BCUT2D eigenvalue weighted by molar-refractivity contribution is 5.91. The average Bonchev–Trinajstić information content (AvgIpc) is 3.18. The van der Waals surface area contributed by atoms with Gasteiger partial charge < -0.3 is 13.9 Å². The molecule has 0 bridgehead atoms. The highest BCUT2D eigenvalue weighted by Crippen LogP contribution is 2.28. The third-order valence-electron chi connectivity index (χ3n) is 5.31. The van der Waals surface area contributed by atoms with Crippen LogP contribution in [0.4, 0.5) is 0 Å². The number of fused-ring (bicyclic) bond motifs is 2. The summed E-state index contributed by atoms with van der Waals surface area (Å²) in [6, 6.07) is 5.72. The van der Waals surface area contributed by atoms with E-state index in [1.54, 1.807) is 23.9 Å². The Balaban J connectivity index is 1.84. The van der Waals surface area contributed by atoms with Crippen LogP contribution in [0.15, 0.2) is 40.2 Å². The third-order valence-corrected chi connectivity index (χ3v) is 5.31. The summed E-state index contributed by atoms with van der Waals surface area (Å²) in [5.41, 5.74) is 1.12. The Morgan fingerprint density at radius 2 is 1.77 bits per heavy atom. The molecule has 136 valence electrons. The molecule has 0 N–H and O–H groups in total. The van der Waals surface area contributed by atoms with Gasteiger partial charge in [-0.1, -0.05) is 12.8 Å². The topological polar surface area (TPSA) is 66.1 Å². The Labute approximate surface area is 151 Å². The average molecular weight is 353 g/mol. The van der Waals surface area contributed by atoms with Crippen molar-refractivity contribution in [1.82, 2.24) is 14.1 Å². The van der Waals surface area contributed by atoms with Gasteiger partial charge >= 0.3 is 0 Å². The molecule has 1 saturated carbocycles. The molecule has 1 fully saturated rings. The largest absolute Gasteiger partial charge is 0.385 e. The molecular weight excluding hydrogens is 330 g/mol. The summed E-state index contributed by atoms with van der Waals surface area (Å²) in [5, 5.41) is 1.03. The van der Waals surface area contributed by atoms with Gasteiger partial charge in [0.2, 0.25) is 0 Å². The second-order valence-electron chi connectivity index (χ2n) is 6.98. The molecule has 6 nitrogen and oxygen atoms in total. The maximum Gasteiger partial charge on any atom is 0.260 e. The van der Waals surface area contributed by atoms with Crippen LogP contribution in [0.3, 0.4) is 0 Å². The summed E-state index contributed by atoms with van der Waals surface area (Å²) in [6.07, 6.45) is 8.79.